The van der Waals surface area contributed by atoms with Gasteiger partial charge in [0, 0.05) is 11.8 Å². The molecule has 4 nitrogen and oxygen atoms in total. The Hall–Kier alpha value is -1.07. The zero-order valence-electron chi connectivity index (χ0n) is 10.5. The molecule has 0 fully saturated rings. The van der Waals surface area contributed by atoms with Crippen molar-refractivity contribution in [3.05, 3.63) is 28.8 Å². The summed E-state index contributed by atoms with van der Waals surface area (Å²) in [5.41, 5.74) is 0.774. The van der Waals surface area contributed by atoms with Crippen LogP contribution < -0.4 is 5.32 Å². The van der Waals surface area contributed by atoms with Crippen molar-refractivity contribution in [2.24, 2.45) is 0 Å². The van der Waals surface area contributed by atoms with Crippen LogP contribution in [0, 0.1) is 0 Å². The van der Waals surface area contributed by atoms with Crippen molar-refractivity contribution in [2.45, 2.75) is 19.3 Å². The van der Waals surface area contributed by atoms with E-state index in [-0.39, 0.29) is 5.91 Å². The highest BCUT2D eigenvalue weighted by atomic mass is 79.9. The van der Waals surface area contributed by atoms with Crippen LogP contribution >= 0.6 is 27.5 Å². The summed E-state index contributed by atoms with van der Waals surface area (Å²) < 4.78 is 4.62. The Labute approximate surface area is 125 Å². The number of nitrogens with one attached hydrogen (secondary N) is 1. The molecule has 0 saturated carbocycles. The van der Waals surface area contributed by atoms with Gasteiger partial charge in [0.2, 0.25) is 5.91 Å². The molecule has 0 spiro atoms. The predicted octanol–water partition coefficient (Wildman–Crippen LogP) is 3.63. The van der Waals surface area contributed by atoms with E-state index in [2.05, 4.69) is 26.0 Å². The van der Waals surface area contributed by atoms with Gasteiger partial charge in [-0.15, -0.1) is 0 Å². The maximum absolute atomic E-state index is 11.7. The molecule has 0 aliphatic heterocycles. The molecule has 0 aliphatic carbocycles. The molecule has 104 valence electrons. The zero-order chi connectivity index (χ0) is 14.3. The van der Waals surface area contributed by atoms with E-state index in [0.717, 1.165) is 18.2 Å². The van der Waals surface area contributed by atoms with Gasteiger partial charge in [-0.05, 0) is 31.0 Å². The average Bonchev–Trinajstić information content (AvgIpc) is 2.40. The number of halogens is 2. The molecule has 0 unspecified atom stereocenters. The Morgan fingerprint density at radius 3 is 2.74 bits per heavy atom. The van der Waals surface area contributed by atoms with E-state index < -0.39 is 5.97 Å². The van der Waals surface area contributed by atoms with E-state index in [9.17, 15) is 9.59 Å². The number of methoxy groups -OCH3 is 1. The minimum Gasteiger partial charge on any atom is -0.465 e. The van der Waals surface area contributed by atoms with Crippen molar-refractivity contribution in [3.63, 3.8) is 0 Å². The molecule has 0 aliphatic rings. The van der Waals surface area contributed by atoms with Crippen LogP contribution in [-0.4, -0.2) is 24.3 Å². The highest BCUT2D eigenvalue weighted by Gasteiger charge is 2.11. The smallest absolute Gasteiger partial charge is 0.337 e. The molecular weight excluding hydrogens is 334 g/mol. The van der Waals surface area contributed by atoms with E-state index in [1.54, 1.807) is 12.1 Å². The third-order valence-electron chi connectivity index (χ3n) is 2.45. The number of hydrogen-bond donors (Lipinski definition) is 1. The van der Waals surface area contributed by atoms with Crippen LogP contribution in [0.1, 0.15) is 29.6 Å². The average molecular weight is 349 g/mol. The van der Waals surface area contributed by atoms with Gasteiger partial charge in [0.25, 0.3) is 0 Å². The summed E-state index contributed by atoms with van der Waals surface area (Å²) in [6.07, 6.45) is 2.15. The molecule has 19 heavy (non-hydrogen) atoms. The lowest BCUT2D eigenvalue weighted by atomic mass is 10.2. The molecule has 0 saturated heterocycles. The van der Waals surface area contributed by atoms with Crippen molar-refractivity contribution in [2.75, 3.05) is 17.8 Å². The number of ether oxygens (including phenoxy) is 1. The first kappa shape index (κ1) is 16.0. The minimum absolute atomic E-state index is 0.120. The number of hydrogen-bond acceptors (Lipinski definition) is 3. The van der Waals surface area contributed by atoms with Crippen molar-refractivity contribution in [1.82, 2.24) is 0 Å². The van der Waals surface area contributed by atoms with E-state index in [0.29, 0.717) is 22.7 Å². The normalized spacial score (nSPS) is 10.1. The van der Waals surface area contributed by atoms with Crippen LogP contribution in [0.25, 0.3) is 0 Å². The fourth-order valence-electron chi connectivity index (χ4n) is 1.46. The third-order valence-corrected chi connectivity index (χ3v) is 3.34. The molecule has 1 amide bonds. The number of rotatable bonds is 6. The van der Waals surface area contributed by atoms with Gasteiger partial charge in [-0.1, -0.05) is 27.5 Å². The third kappa shape index (κ3) is 5.20. The monoisotopic (exact) mass is 347 g/mol. The van der Waals surface area contributed by atoms with Crippen molar-refractivity contribution in [3.8, 4) is 0 Å². The highest BCUT2D eigenvalue weighted by Crippen LogP contribution is 2.23. The zero-order valence-corrected chi connectivity index (χ0v) is 12.9. The number of carbonyl (C=O) groups excluding carboxylic acids is 2. The fourth-order valence-corrected chi connectivity index (χ4v) is 2.02. The number of amides is 1. The van der Waals surface area contributed by atoms with Gasteiger partial charge in [-0.2, -0.15) is 0 Å². The molecule has 1 aromatic carbocycles. The van der Waals surface area contributed by atoms with Crippen LogP contribution in [0.5, 0.6) is 0 Å². The van der Waals surface area contributed by atoms with Crippen molar-refractivity contribution < 1.29 is 14.3 Å². The van der Waals surface area contributed by atoms with E-state index in [1.807, 2.05) is 0 Å². The molecule has 1 N–H and O–H groups in total. The Morgan fingerprint density at radius 1 is 1.37 bits per heavy atom. The number of carbonyl (C=O) groups is 2. The standard InChI is InChI=1S/C13H15BrClNO3/c1-19-13(18)9-5-6-10(15)11(8-9)16-12(17)4-2-3-7-14/h5-6,8H,2-4,7H2,1H3,(H,16,17). The second-order valence-electron chi connectivity index (χ2n) is 3.88. The van der Waals surface area contributed by atoms with Gasteiger partial charge in [0.05, 0.1) is 23.4 Å². The summed E-state index contributed by atoms with van der Waals surface area (Å²) >= 11 is 9.28. The highest BCUT2D eigenvalue weighted by molar-refractivity contribution is 9.09. The number of unbranched alkanes of at least 4 members (excludes halogenated alkanes) is 1. The van der Waals surface area contributed by atoms with Crippen LogP contribution in [0.3, 0.4) is 0 Å². The summed E-state index contributed by atoms with van der Waals surface area (Å²) in [7, 11) is 1.30. The van der Waals surface area contributed by atoms with Crippen LogP contribution in [0.2, 0.25) is 5.02 Å². The lowest BCUT2D eigenvalue weighted by Gasteiger charge is -2.08. The Kier molecular flexibility index (Phi) is 6.87. The summed E-state index contributed by atoms with van der Waals surface area (Å²) in [4.78, 5) is 23.1. The molecule has 6 heteroatoms. The maximum atomic E-state index is 11.7. The number of esters is 1. The van der Waals surface area contributed by atoms with Crippen LogP contribution in [-0.2, 0) is 9.53 Å². The lowest BCUT2D eigenvalue weighted by Crippen LogP contribution is -2.12. The van der Waals surface area contributed by atoms with E-state index >= 15 is 0 Å². The quantitative estimate of drug-likeness (QED) is 0.485. The molecule has 0 atom stereocenters. The van der Waals surface area contributed by atoms with Gasteiger partial charge in [-0.25, -0.2) is 4.79 Å². The topological polar surface area (TPSA) is 55.4 Å². The fraction of sp³-hybridized carbons (Fsp3) is 0.385. The summed E-state index contributed by atoms with van der Waals surface area (Å²) in [6, 6.07) is 4.62. The maximum Gasteiger partial charge on any atom is 0.337 e. The Morgan fingerprint density at radius 2 is 2.11 bits per heavy atom. The first-order chi connectivity index (χ1) is 9.08. The van der Waals surface area contributed by atoms with Gasteiger partial charge in [-0.3, -0.25) is 4.79 Å². The van der Waals surface area contributed by atoms with E-state index in [1.165, 1.54) is 13.2 Å². The predicted molar refractivity (Wildman–Crippen MR) is 79.1 cm³/mol. The van der Waals surface area contributed by atoms with Crippen LogP contribution in [0.15, 0.2) is 18.2 Å². The minimum atomic E-state index is -0.466. The first-order valence-electron chi connectivity index (χ1n) is 5.82. The molecule has 1 aromatic rings. The molecule has 0 aromatic heterocycles. The van der Waals surface area contributed by atoms with Gasteiger partial charge >= 0.3 is 5.97 Å². The Balaban J connectivity index is 2.71. The number of benzene rings is 1. The molecule has 0 radical (unpaired) electrons. The molecular formula is C13H15BrClNO3. The van der Waals surface area contributed by atoms with Gasteiger partial charge in [0.1, 0.15) is 0 Å². The Bertz CT molecular complexity index is 465. The number of alkyl halides is 1. The lowest BCUT2D eigenvalue weighted by molar-refractivity contribution is -0.116. The second kappa shape index (κ2) is 8.17. The van der Waals surface area contributed by atoms with Crippen molar-refractivity contribution >= 4 is 45.1 Å². The molecule has 0 heterocycles. The van der Waals surface area contributed by atoms with Gasteiger partial charge < -0.3 is 10.1 Å². The van der Waals surface area contributed by atoms with Gasteiger partial charge in [0.15, 0.2) is 0 Å². The van der Waals surface area contributed by atoms with Crippen molar-refractivity contribution in [1.29, 1.82) is 0 Å². The second-order valence-corrected chi connectivity index (χ2v) is 5.08. The largest absolute Gasteiger partial charge is 0.465 e. The molecule has 1 rings (SSSR count). The summed E-state index contributed by atoms with van der Waals surface area (Å²) in [5.74, 6) is -0.587. The summed E-state index contributed by atoms with van der Waals surface area (Å²) in [5, 5.41) is 3.96. The summed E-state index contributed by atoms with van der Waals surface area (Å²) in [6.45, 7) is 0. The van der Waals surface area contributed by atoms with E-state index in [4.69, 9.17) is 11.6 Å². The first-order valence-corrected chi connectivity index (χ1v) is 7.32. The SMILES string of the molecule is COC(=O)c1ccc(Cl)c(NC(=O)CCCCBr)c1. The molecule has 0 bridgehead atoms. The number of anilines is 1. The van der Waals surface area contributed by atoms with Crippen LogP contribution in [0.4, 0.5) is 5.69 Å².